The van der Waals surface area contributed by atoms with Crippen LogP contribution in [0, 0.1) is 0 Å². The topological polar surface area (TPSA) is 106 Å². The van der Waals surface area contributed by atoms with E-state index in [0.29, 0.717) is 35.9 Å². The fourth-order valence-electron chi connectivity index (χ4n) is 2.47. The summed E-state index contributed by atoms with van der Waals surface area (Å²) in [7, 11) is 0. The normalized spacial score (nSPS) is 16.8. The maximum atomic E-state index is 12.4. The summed E-state index contributed by atoms with van der Waals surface area (Å²) in [4.78, 5) is 27.5. The van der Waals surface area contributed by atoms with Crippen LogP contribution in [-0.2, 0) is 11.2 Å². The van der Waals surface area contributed by atoms with Crippen LogP contribution < -0.4 is 10.5 Å². The molecule has 0 aromatic carbocycles. The number of aliphatic carboxylic acids is 1. The van der Waals surface area contributed by atoms with Gasteiger partial charge in [-0.2, -0.15) is 13.2 Å². The minimum atomic E-state index is -5.08. The second kappa shape index (κ2) is 9.00. The summed E-state index contributed by atoms with van der Waals surface area (Å²) in [6, 6.07) is 3.82. The van der Waals surface area contributed by atoms with Crippen LogP contribution in [0.5, 0.6) is 5.88 Å². The Morgan fingerprint density at radius 1 is 1.39 bits per heavy atom. The van der Waals surface area contributed by atoms with Crippen LogP contribution in [0.3, 0.4) is 0 Å². The molecule has 1 aliphatic carbocycles. The number of fused-ring (bicyclic) bond motifs is 1. The molecule has 1 fully saturated rings. The number of nitrogens with zero attached hydrogens (tertiary/aromatic N) is 2. The SMILES string of the molecule is NCC(=CF)COc1ccc2c(n1)CCN(C1CC1)C2=O.O=C(O)C(F)(F)F. The fourth-order valence-corrected chi connectivity index (χ4v) is 2.47. The monoisotopic (exact) mass is 405 g/mol. The van der Waals surface area contributed by atoms with Crippen molar-refractivity contribution in [2.45, 2.75) is 31.5 Å². The van der Waals surface area contributed by atoms with Crippen LogP contribution in [-0.4, -0.2) is 58.8 Å². The Hall–Kier alpha value is -2.69. The van der Waals surface area contributed by atoms with Crippen molar-refractivity contribution in [3.8, 4) is 5.88 Å². The second-order valence-electron chi connectivity index (χ2n) is 6.19. The van der Waals surface area contributed by atoms with Gasteiger partial charge in [0.2, 0.25) is 5.88 Å². The van der Waals surface area contributed by atoms with Crippen molar-refractivity contribution >= 4 is 11.9 Å². The van der Waals surface area contributed by atoms with Gasteiger partial charge in [-0.05, 0) is 18.9 Å². The largest absolute Gasteiger partial charge is 0.490 e. The van der Waals surface area contributed by atoms with E-state index in [1.165, 1.54) is 0 Å². The molecule has 28 heavy (non-hydrogen) atoms. The Balaban J connectivity index is 0.000000345. The first-order valence-electron chi connectivity index (χ1n) is 8.39. The van der Waals surface area contributed by atoms with Crippen molar-refractivity contribution in [3.05, 3.63) is 35.3 Å². The molecular weight excluding hydrogens is 386 g/mol. The number of hydrogen-bond acceptors (Lipinski definition) is 5. The number of alkyl halides is 3. The van der Waals surface area contributed by atoms with E-state index in [0.717, 1.165) is 25.0 Å². The zero-order valence-electron chi connectivity index (χ0n) is 14.7. The minimum absolute atomic E-state index is 0.0594. The van der Waals surface area contributed by atoms with Crippen molar-refractivity contribution in [2.24, 2.45) is 5.73 Å². The molecule has 1 aromatic rings. The van der Waals surface area contributed by atoms with Crippen molar-refractivity contribution < 1.29 is 37.0 Å². The van der Waals surface area contributed by atoms with Crippen LogP contribution in [0.15, 0.2) is 24.0 Å². The van der Waals surface area contributed by atoms with Crippen molar-refractivity contribution in [2.75, 3.05) is 19.7 Å². The molecule has 1 amide bonds. The van der Waals surface area contributed by atoms with E-state index in [4.69, 9.17) is 20.4 Å². The van der Waals surface area contributed by atoms with E-state index >= 15 is 0 Å². The molecule has 0 radical (unpaired) electrons. The van der Waals surface area contributed by atoms with E-state index in [-0.39, 0.29) is 19.1 Å². The van der Waals surface area contributed by atoms with Gasteiger partial charge in [0.05, 0.1) is 17.6 Å². The number of halogens is 4. The molecule has 1 saturated carbocycles. The Kier molecular flexibility index (Phi) is 6.95. The van der Waals surface area contributed by atoms with Gasteiger partial charge < -0.3 is 20.5 Å². The highest BCUT2D eigenvalue weighted by Crippen LogP contribution is 2.31. The molecule has 11 heteroatoms. The predicted octanol–water partition coefficient (Wildman–Crippen LogP) is 2.07. The quantitative estimate of drug-likeness (QED) is 0.727. The predicted molar refractivity (Wildman–Crippen MR) is 89.4 cm³/mol. The zero-order chi connectivity index (χ0) is 20.9. The third kappa shape index (κ3) is 5.65. The molecule has 0 saturated heterocycles. The minimum Gasteiger partial charge on any atom is -0.475 e. The molecule has 7 nitrogen and oxygen atoms in total. The maximum Gasteiger partial charge on any atom is 0.490 e. The Labute approximate surface area is 157 Å². The van der Waals surface area contributed by atoms with Crippen LogP contribution in [0.2, 0.25) is 0 Å². The highest BCUT2D eigenvalue weighted by molar-refractivity contribution is 5.96. The van der Waals surface area contributed by atoms with E-state index < -0.39 is 12.1 Å². The number of pyridine rings is 1. The second-order valence-corrected chi connectivity index (χ2v) is 6.19. The summed E-state index contributed by atoms with van der Waals surface area (Å²) in [5.41, 5.74) is 7.14. The number of amides is 1. The average molecular weight is 405 g/mol. The number of ether oxygens (including phenoxy) is 1. The number of nitrogens with two attached hydrogens (primary N) is 1. The number of carbonyl (C=O) groups excluding carboxylic acids is 1. The molecule has 3 rings (SSSR count). The molecule has 154 valence electrons. The highest BCUT2D eigenvalue weighted by Gasteiger charge is 2.38. The van der Waals surface area contributed by atoms with Crippen molar-refractivity contribution in [1.82, 2.24) is 9.88 Å². The molecule has 0 spiro atoms. The average Bonchev–Trinajstić information content (AvgIpc) is 3.47. The maximum absolute atomic E-state index is 12.4. The summed E-state index contributed by atoms with van der Waals surface area (Å²) in [5, 5.41) is 7.12. The summed E-state index contributed by atoms with van der Waals surface area (Å²) < 4.78 is 49.6. The van der Waals surface area contributed by atoms with Gasteiger partial charge in [0.15, 0.2) is 0 Å². The van der Waals surface area contributed by atoms with E-state index in [2.05, 4.69) is 4.98 Å². The van der Waals surface area contributed by atoms with Gasteiger partial charge in [0.1, 0.15) is 6.61 Å². The zero-order valence-corrected chi connectivity index (χ0v) is 14.7. The number of hydrogen-bond donors (Lipinski definition) is 2. The molecule has 0 unspecified atom stereocenters. The van der Waals surface area contributed by atoms with E-state index in [1.54, 1.807) is 12.1 Å². The number of carbonyl (C=O) groups is 2. The van der Waals surface area contributed by atoms with Gasteiger partial charge in [0.25, 0.3) is 5.91 Å². The lowest BCUT2D eigenvalue weighted by Gasteiger charge is -2.28. The van der Waals surface area contributed by atoms with Gasteiger partial charge in [-0.1, -0.05) is 0 Å². The van der Waals surface area contributed by atoms with Crippen LogP contribution in [0.4, 0.5) is 17.6 Å². The number of carboxylic acids is 1. The van der Waals surface area contributed by atoms with E-state index in [9.17, 15) is 22.4 Å². The number of aromatic nitrogens is 1. The first-order chi connectivity index (χ1) is 13.2. The number of carboxylic acid groups (broad SMARTS) is 1. The Morgan fingerprint density at radius 3 is 2.54 bits per heavy atom. The van der Waals surface area contributed by atoms with Crippen LogP contribution >= 0.6 is 0 Å². The van der Waals surface area contributed by atoms with Gasteiger partial charge in [-0.3, -0.25) is 4.79 Å². The molecule has 2 aliphatic rings. The molecular formula is C17H19F4N3O4. The lowest BCUT2D eigenvalue weighted by molar-refractivity contribution is -0.192. The first-order valence-corrected chi connectivity index (χ1v) is 8.39. The smallest absolute Gasteiger partial charge is 0.475 e. The summed E-state index contributed by atoms with van der Waals surface area (Å²) in [5.74, 6) is -2.30. The molecule has 2 heterocycles. The molecule has 3 N–H and O–H groups in total. The summed E-state index contributed by atoms with van der Waals surface area (Å²) >= 11 is 0. The highest BCUT2D eigenvalue weighted by atomic mass is 19.4. The molecule has 0 bridgehead atoms. The Morgan fingerprint density at radius 2 is 2.04 bits per heavy atom. The first kappa shape index (κ1) is 21.6. The van der Waals surface area contributed by atoms with Gasteiger partial charge in [-0.25, -0.2) is 14.2 Å². The van der Waals surface area contributed by atoms with Gasteiger partial charge in [-0.15, -0.1) is 0 Å². The van der Waals surface area contributed by atoms with Crippen LogP contribution in [0.25, 0.3) is 0 Å². The standard InChI is InChI=1S/C15H18FN3O2.C2HF3O2/c16-7-10(8-17)9-21-14-4-3-12-13(18-14)5-6-19(15(12)20)11-1-2-11;3-2(4,5)1(6)7/h3-4,7,11H,1-2,5-6,8-9,17H2;(H,6,7). The third-order valence-electron chi connectivity index (χ3n) is 4.08. The molecule has 0 atom stereocenters. The molecule has 1 aliphatic heterocycles. The summed E-state index contributed by atoms with van der Waals surface area (Å²) in [6.07, 6.45) is -1.69. The van der Waals surface area contributed by atoms with Crippen molar-refractivity contribution in [1.29, 1.82) is 0 Å². The van der Waals surface area contributed by atoms with Crippen LogP contribution in [0.1, 0.15) is 28.9 Å². The lowest BCUT2D eigenvalue weighted by Crippen LogP contribution is -2.39. The van der Waals surface area contributed by atoms with Gasteiger partial charge >= 0.3 is 12.1 Å². The van der Waals surface area contributed by atoms with Crippen molar-refractivity contribution in [3.63, 3.8) is 0 Å². The Bertz CT molecular complexity index is 763. The fraction of sp³-hybridized carbons (Fsp3) is 0.471. The van der Waals surface area contributed by atoms with E-state index in [1.807, 2.05) is 4.90 Å². The number of rotatable bonds is 5. The van der Waals surface area contributed by atoms with Gasteiger partial charge in [0, 0.05) is 37.2 Å². The third-order valence-corrected chi connectivity index (χ3v) is 4.08. The lowest BCUT2D eigenvalue weighted by atomic mass is 10.0. The summed E-state index contributed by atoms with van der Waals surface area (Å²) in [6.45, 7) is 0.891. The molecule has 1 aromatic heterocycles.